The van der Waals surface area contributed by atoms with Crippen molar-refractivity contribution in [1.29, 1.82) is 0 Å². The molecule has 0 aromatic heterocycles. The van der Waals surface area contributed by atoms with Gasteiger partial charge in [-0.15, -0.1) is 0 Å². The predicted octanol–water partition coefficient (Wildman–Crippen LogP) is 2.50. The molecule has 0 bridgehead atoms. The normalized spacial score (nSPS) is 11.9. The molecule has 0 fully saturated rings. The Bertz CT molecular complexity index is 377. The highest BCUT2D eigenvalue weighted by Crippen LogP contribution is 2.16. The van der Waals surface area contributed by atoms with Crippen molar-refractivity contribution in [1.82, 2.24) is 5.32 Å². The van der Waals surface area contributed by atoms with Crippen LogP contribution in [0.15, 0.2) is 28.7 Å². The molecule has 4 nitrogen and oxygen atoms in total. The highest BCUT2D eigenvalue weighted by molar-refractivity contribution is 9.10. The number of carbonyl (C=O) groups excluding carboxylic acids is 1. The van der Waals surface area contributed by atoms with Gasteiger partial charge < -0.3 is 15.2 Å². The highest BCUT2D eigenvalue weighted by atomic mass is 79.9. The summed E-state index contributed by atoms with van der Waals surface area (Å²) in [4.78, 5) is 11.5. The number of ether oxygens (including phenoxy) is 1. The zero-order chi connectivity index (χ0) is 14.1. The van der Waals surface area contributed by atoms with E-state index in [-0.39, 0.29) is 18.6 Å². The van der Waals surface area contributed by atoms with Crippen LogP contribution in [0.25, 0.3) is 0 Å². The minimum absolute atomic E-state index is 0.0162. The van der Waals surface area contributed by atoms with Gasteiger partial charge >= 0.3 is 0 Å². The summed E-state index contributed by atoms with van der Waals surface area (Å²) < 4.78 is 6.53. The van der Waals surface area contributed by atoms with Gasteiger partial charge in [0.2, 0.25) is 5.91 Å². The molecule has 5 heteroatoms. The maximum absolute atomic E-state index is 11.5. The van der Waals surface area contributed by atoms with Crippen molar-refractivity contribution in [3.8, 4) is 5.75 Å². The summed E-state index contributed by atoms with van der Waals surface area (Å²) in [5, 5.41) is 11.7. The number of aliphatic hydroxyl groups is 1. The lowest BCUT2D eigenvalue weighted by atomic mass is 10.2. The first-order valence-corrected chi connectivity index (χ1v) is 7.23. The number of halogens is 1. The quantitative estimate of drug-likeness (QED) is 0.720. The molecule has 0 heterocycles. The van der Waals surface area contributed by atoms with Crippen molar-refractivity contribution in [2.75, 3.05) is 13.2 Å². The molecule has 0 aliphatic carbocycles. The van der Waals surface area contributed by atoms with E-state index in [1.54, 1.807) is 0 Å². The van der Waals surface area contributed by atoms with E-state index in [1.165, 1.54) is 0 Å². The molecule has 1 amide bonds. The minimum atomic E-state index is -0.139. The fourth-order valence-corrected chi connectivity index (χ4v) is 1.79. The van der Waals surface area contributed by atoms with Gasteiger partial charge in [-0.2, -0.15) is 0 Å². The molecular weight excluding hydrogens is 310 g/mol. The van der Waals surface area contributed by atoms with Gasteiger partial charge in [-0.05, 0) is 37.1 Å². The number of rotatable bonds is 8. The van der Waals surface area contributed by atoms with Crippen LogP contribution in [0.2, 0.25) is 0 Å². The lowest BCUT2D eigenvalue weighted by molar-refractivity contribution is -0.122. The Hall–Kier alpha value is -1.07. The Morgan fingerprint density at radius 1 is 1.42 bits per heavy atom. The van der Waals surface area contributed by atoms with E-state index in [4.69, 9.17) is 9.84 Å². The molecule has 1 rings (SSSR count). The average Bonchev–Trinajstić information content (AvgIpc) is 2.43. The summed E-state index contributed by atoms with van der Waals surface area (Å²) in [6.45, 7) is 2.42. The van der Waals surface area contributed by atoms with Crippen molar-refractivity contribution < 1.29 is 14.6 Å². The van der Waals surface area contributed by atoms with Crippen LogP contribution < -0.4 is 10.1 Å². The van der Waals surface area contributed by atoms with Gasteiger partial charge in [0.25, 0.3) is 0 Å². The topological polar surface area (TPSA) is 58.6 Å². The summed E-state index contributed by atoms with van der Waals surface area (Å²) >= 11 is 3.35. The molecular formula is C14H20BrNO3. The molecule has 0 saturated carbocycles. The number of aliphatic hydroxyl groups excluding tert-OH is 1. The van der Waals surface area contributed by atoms with Crippen LogP contribution >= 0.6 is 15.9 Å². The highest BCUT2D eigenvalue weighted by Gasteiger charge is 2.08. The Balaban J connectivity index is 2.16. The Kier molecular flexibility index (Phi) is 7.52. The molecule has 0 unspecified atom stereocenters. The van der Waals surface area contributed by atoms with Crippen molar-refractivity contribution in [2.24, 2.45) is 0 Å². The van der Waals surface area contributed by atoms with Crippen LogP contribution in [-0.4, -0.2) is 30.3 Å². The molecule has 106 valence electrons. The number of hydrogen-bond donors (Lipinski definition) is 2. The Labute approximate surface area is 122 Å². The molecule has 1 atom stereocenters. The maximum Gasteiger partial charge on any atom is 0.220 e. The lowest BCUT2D eigenvalue weighted by Crippen LogP contribution is -2.36. The van der Waals surface area contributed by atoms with Crippen molar-refractivity contribution in [2.45, 2.75) is 32.2 Å². The fraction of sp³-hybridized carbons (Fsp3) is 0.500. The summed E-state index contributed by atoms with van der Waals surface area (Å²) in [6, 6.07) is 7.44. The molecule has 0 aliphatic rings. The van der Waals surface area contributed by atoms with Crippen LogP contribution in [0.4, 0.5) is 0 Å². The predicted molar refractivity (Wildman–Crippen MR) is 78.2 cm³/mol. The number of nitrogens with one attached hydrogen (secondary N) is 1. The molecule has 0 saturated heterocycles. The molecule has 1 aromatic rings. The first-order chi connectivity index (χ1) is 9.15. The van der Waals surface area contributed by atoms with Crippen molar-refractivity contribution >= 4 is 21.8 Å². The van der Waals surface area contributed by atoms with Gasteiger partial charge in [0, 0.05) is 10.9 Å². The second kappa shape index (κ2) is 8.93. The Morgan fingerprint density at radius 2 is 2.11 bits per heavy atom. The van der Waals surface area contributed by atoms with E-state index in [9.17, 15) is 4.79 Å². The number of benzene rings is 1. The van der Waals surface area contributed by atoms with Crippen LogP contribution in [-0.2, 0) is 4.79 Å². The third-order valence-corrected chi connectivity index (χ3v) is 3.24. The minimum Gasteiger partial charge on any atom is -0.494 e. The molecule has 19 heavy (non-hydrogen) atoms. The monoisotopic (exact) mass is 329 g/mol. The molecule has 1 aromatic carbocycles. The third kappa shape index (κ3) is 6.59. The van der Waals surface area contributed by atoms with Gasteiger partial charge in [-0.25, -0.2) is 0 Å². The second-order valence-electron chi connectivity index (χ2n) is 4.26. The maximum atomic E-state index is 11.5. The smallest absolute Gasteiger partial charge is 0.220 e. The van der Waals surface area contributed by atoms with Gasteiger partial charge in [0.1, 0.15) is 5.75 Å². The van der Waals surface area contributed by atoms with E-state index < -0.39 is 0 Å². The SMILES string of the molecule is CC[C@@H](CO)NC(=O)CCCOc1ccc(Br)cc1. The van der Waals surface area contributed by atoms with E-state index >= 15 is 0 Å². The van der Waals surface area contributed by atoms with Gasteiger partial charge in [0.15, 0.2) is 0 Å². The first-order valence-electron chi connectivity index (χ1n) is 6.44. The van der Waals surface area contributed by atoms with E-state index in [1.807, 2.05) is 31.2 Å². The molecule has 0 spiro atoms. The van der Waals surface area contributed by atoms with Gasteiger partial charge in [0.05, 0.1) is 19.3 Å². The largest absolute Gasteiger partial charge is 0.494 e. The van der Waals surface area contributed by atoms with Crippen LogP contribution in [0.1, 0.15) is 26.2 Å². The second-order valence-corrected chi connectivity index (χ2v) is 5.18. The molecule has 0 radical (unpaired) electrons. The summed E-state index contributed by atoms with van der Waals surface area (Å²) in [7, 11) is 0. The number of hydrogen-bond acceptors (Lipinski definition) is 3. The summed E-state index contributed by atoms with van der Waals surface area (Å²) in [5.41, 5.74) is 0. The number of amides is 1. The molecule has 2 N–H and O–H groups in total. The zero-order valence-electron chi connectivity index (χ0n) is 11.1. The van der Waals surface area contributed by atoms with Gasteiger partial charge in [-0.3, -0.25) is 4.79 Å². The average molecular weight is 330 g/mol. The molecule has 0 aliphatic heterocycles. The van der Waals surface area contributed by atoms with Crippen LogP contribution in [0, 0.1) is 0 Å². The first kappa shape index (κ1) is 16.0. The van der Waals surface area contributed by atoms with E-state index in [2.05, 4.69) is 21.2 Å². The van der Waals surface area contributed by atoms with E-state index in [0.29, 0.717) is 19.4 Å². The Morgan fingerprint density at radius 3 is 2.68 bits per heavy atom. The summed E-state index contributed by atoms with van der Waals surface area (Å²) in [6.07, 6.45) is 1.80. The third-order valence-electron chi connectivity index (χ3n) is 2.71. The zero-order valence-corrected chi connectivity index (χ0v) is 12.6. The number of carbonyl (C=O) groups is 1. The van der Waals surface area contributed by atoms with E-state index in [0.717, 1.165) is 16.6 Å². The lowest BCUT2D eigenvalue weighted by Gasteiger charge is -2.13. The van der Waals surface area contributed by atoms with Crippen molar-refractivity contribution in [3.05, 3.63) is 28.7 Å². The van der Waals surface area contributed by atoms with Gasteiger partial charge in [-0.1, -0.05) is 22.9 Å². The summed E-state index contributed by atoms with van der Waals surface area (Å²) in [5.74, 6) is 0.755. The van der Waals surface area contributed by atoms with Crippen LogP contribution in [0.3, 0.4) is 0 Å². The van der Waals surface area contributed by atoms with Crippen molar-refractivity contribution in [3.63, 3.8) is 0 Å². The standard InChI is InChI=1S/C14H20BrNO3/c1-2-12(10-17)16-14(18)4-3-9-19-13-7-5-11(15)6-8-13/h5-8,12,17H,2-4,9-10H2,1H3,(H,16,18)/t12-/m0/s1. The fourth-order valence-electron chi connectivity index (χ4n) is 1.53. The van der Waals surface area contributed by atoms with Crippen LogP contribution in [0.5, 0.6) is 5.75 Å².